The van der Waals surface area contributed by atoms with Gasteiger partial charge in [-0.1, -0.05) is 6.92 Å². The van der Waals surface area contributed by atoms with Gasteiger partial charge < -0.3 is 19.9 Å². The minimum Gasteiger partial charge on any atom is -0.503 e. The zero-order chi connectivity index (χ0) is 23.3. The van der Waals surface area contributed by atoms with Crippen molar-refractivity contribution in [3.05, 3.63) is 62.8 Å². The molecule has 4 aliphatic rings. The summed E-state index contributed by atoms with van der Waals surface area (Å²) in [6, 6.07) is 1.07. The highest BCUT2D eigenvalue weighted by atomic mass is 19.2. The second-order valence-electron chi connectivity index (χ2n) is 9.52. The van der Waals surface area contributed by atoms with Crippen molar-refractivity contribution >= 4 is 11.8 Å². The third-order valence-corrected chi connectivity index (χ3v) is 8.03. The van der Waals surface area contributed by atoms with Gasteiger partial charge in [-0.05, 0) is 36.2 Å². The number of nitrogens with zero attached hydrogens (tertiary/aromatic N) is 2. The molecule has 2 amide bonds. The molecule has 0 radical (unpaired) electrons. The molecule has 6 atom stereocenters. The first-order valence-electron chi connectivity index (χ1n) is 10.9. The number of aromatic nitrogens is 1. The van der Waals surface area contributed by atoms with E-state index in [4.69, 9.17) is 0 Å². The lowest BCUT2D eigenvalue weighted by Crippen LogP contribution is -2.53. The van der Waals surface area contributed by atoms with Crippen molar-refractivity contribution < 1.29 is 27.9 Å². The second-order valence-corrected chi connectivity index (χ2v) is 9.52. The Labute approximate surface area is 185 Å². The van der Waals surface area contributed by atoms with Crippen LogP contribution in [0.2, 0.25) is 0 Å². The van der Waals surface area contributed by atoms with Gasteiger partial charge in [0.05, 0.1) is 6.04 Å². The highest BCUT2D eigenvalue weighted by molar-refractivity contribution is 5.99. The SMILES string of the molecule is C[C@H]1C2C3C[C@@H](C21)N1C(=O)c2c(O)c(=O)c(C(=O)NCc4cc(F)c(F)cc4F)cn2C[C@@H]31. The van der Waals surface area contributed by atoms with Gasteiger partial charge >= 0.3 is 0 Å². The fourth-order valence-corrected chi connectivity index (χ4v) is 6.56. The van der Waals surface area contributed by atoms with E-state index >= 15 is 0 Å². The standard InChI is InChI=1S/C23H20F3N3O4/c1-8-17-10-3-15(18(8)17)29-16(10)7-28-6-11(20(30)21(31)19(28)23(29)33)22(32)27-5-9-2-13(25)14(26)4-12(9)24/h2,4,6,8,10,15-18,31H,3,5,7H2,1H3,(H,27,32)/t8-,10?,15-,16-,17?,18?/m0/s1. The van der Waals surface area contributed by atoms with Gasteiger partial charge in [-0.15, -0.1) is 0 Å². The molecular formula is C23H20F3N3O4. The smallest absolute Gasteiger partial charge is 0.275 e. The van der Waals surface area contributed by atoms with E-state index in [0.29, 0.717) is 42.3 Å². The monoisotopic (exact) mass is 459 g/mol. The van der Waals surface area contributed by atoms with Crippen molar-refractivity contribution in [3.63, 3.8) is 0 Å². The maximum Gasteiger partial charge on any atom is 0.275 e. The van der Waals surface area contributed by atoms with Crippen LogP contribution in [0, 0.1) is 41.1 Å². The van der Waals surface area contributed by atoms with Crippen LogP contribution in [0.15, 0.2) is 23.1 Å². The summed E-state index contributed by atoms with van der Waals surface area (Å²) in [4.78, 5) is 40.4. The molecule has 1 saturated heterocycles. The predicted octanol–water partition coefficient (Wildman–Crippen LogP) is 2.01. The Morgan fingerprint density at radius 1 is 1.12 bits per heavy atom. The molecule has 2 aliphatic heterocycles. The van der Waals surface area contributed by atoms with Gasteiger partial charge in [0.25, 0.3) is 11.8 Å². The number of amides is 2. The Morgan fingerprint density at radius 2 is 1.85 bits per heavy atom. The lowest BCUT2D eigenvalue weighted by Gasteiger charge is -2.40. The van der Waals surface area contributed by atoms with Gasteiger partial charge in [0.1, 0.15) is 11.4 Å². The fourth-order valence-electron chi connectivity index (χ4n) is 6.56. The molecule has 33 heavy (non-hydrogen) atoms. The number of rotatable bonds is 3. The summed E-state index contributed by atoms with van der Waals surface area (Å²) in [5.74, 6) is -3.80. The molecule has 2 N–H and O–H groups in total. The Bertz CT molecular complexity index is 1310. The summed E-state index contributed by atoms with van der Waals surface area (Å²) < 4.78 is 41.8. The van der Waals surface area contributed by atoms with Crippen molar-refractivity contribution in [2.24, 2.45) is 23.7 Å². The number of fused-ring (bicyclic) bond motifs is 9. The summed E-state index contributed by atoms with van der Waals surface area (Å²) in [5, 5.41) is 12.8. The molecule has 3 heterocycles. The van der Waals surface area contributed by atoms with Crippen LogP contribution in [0.25, 0.3) is 0 Å². The lowest BCUT2D eigenvalue weighted by molar-refractivity contribution is 0.0465. The average Bonchev–Trinajstić information content (AvgIpc) is 3.13. The molecular weight excluding hydrogens is 439 g/mol. The molecule has 0 spiro atoms. The van der Waals surface area contributed by atoms with Crippen molar-refractivity contribution in [3.8, 4) is 5.75 Å². The van der Waals surface area contributed by atoms with E-state index in [2.05, 4.69) is 12.2 Å². The van der Waals surface area contributed by atoms with E-state index < -0.39 is 52.6 Å². The first kappa shape index (κ1) is 20.3. The van der Waals surface area contributed by atoms with Crippen LogP contribution in [-0.4, -0.2) is 38.5 Å². The predicted molar refractivity (Wildman–Crippen MR) is 108 cm³/mol. The van der Waals surface area contributed by atoms with E-state index in [-0.39, 0.29) is 23.3 Å². The molecule has 7 nitrogen and oxygen atoms in total. The molecule has 2 aliphatic carbocycles. The maximum atomic E-state index is 13.8. The Morgan fingerprint density at radius 3 is 2.61 bits per heavy atom. The number of halogens is 3. The van der Waals surface area contributed by atoms with Crippen molar-refractivity contribution in [1.29, 1.82) is 0 Å². The Hall–Kier alpha value is -3.30. The quantitative estimate of drug-likeness (QED) is 0.687. The van der Waals surface area contributed by atoms with Crippen molar-refractivity contribution in [1.82, 2.24) is 14.8 Å². The summed E-state index contributed by atoms with van der Waals surface area (Å²) >= 11 is 0. The molecule has 3 unspecified atom stereocenters. The number of hydrogen-bond acceptors (Lipinski definition) is 4. The van der Waals surface area contributed by atoms with Gasteiger partial charge in [-0.3, -0.25) is 14.4 Å². The topological polar surface area (TPSA) is 91.6 Å². The largest absolute Gasteiger partial charge is 0.503 e. The summed E-state index contributed by atoms with van der Waals surface area (Å²) in [6.07, 6.45) is 2.16. The van der Waals surface area contributed by atoms with Crippen molar-refractivity contribution in [2.75, 3.05) is 0 Å². The molecule has 2 saturated carbocycles. The lowest BCUT2D eigenvalue weighted by atomic mass is 9.93. The van der Waals surface area contributed by atoms with Gasteiger partial charge in [0.15, 0.2) is 23.1 Å². The number of piperidine rings is 1. The van der Waals surface area contributed by atoms with Gasteiger partial charge in [0, 0.05) is 37.0 Å². The maximum absolute atomic E-state index is 13.8. The third-order valence-electron chi connectivity index (χ3n) is 8.03. The minimum absolute atomic E-state index is 0.0460. The molecule has 10 heteroatoms. The highest BCUT2D eigenvalue weighted by Gasteiger charge is 2.70. The number of nitrogens with one attached hydrogen (secondary N) is 1. The molecule has 3 fully saturated rings. The van der Waals surface area contributed by atoms with Crippen molar-refractivity contribution in [2.45, 2.75) is 38.5 Å². The number of aromatic hydroxyl groups is 1. The van der Waals surface area contributed by atoms with Gasteiger partial charge in [-0.25, -0.2) is 13.2 Å². The number of carbonyl (C=O) groups excluding carboxylic acids is 2. The first-order chi connectivity index (χ1) is 15.7. The van der Waals surface area contributed by atoms with Crippen LogP contribution >= 0.6 is 0 Å². The van der Waals surface area contributed by atoms with Crippen LogP contribution < -0.4 is 10.7 Å². The number of hydrogen-bond donors (Lipinski definition) is 2. The highest BCUT2D eigenvalue weighted by Crippen LogP contribution is 2.67. The third kappa shape index (κ3) is 2.66. The van der Waals surface area contributed by atoms with Gasteiger partial charge in [0.2, 0.25) is 5.43 Å². The minimum atomic E-state index is -1.35. The van der Waals surface area contributed by atoms with E-state index in [1.807, 2.05) is 4.90 Å². The summed E-state index contributed by atoms with van der Waals surface area (Å²) in [5.41, 5.74) is -1.86. The van der Waals surface area contributed by atoms with Gasteiger partial charge in [-0.2, -0.15) is 0 Å². The molecule has 1 aromatic carbocycles. The zero-order valence-electron chi connectivity index (χ0n) is 17.5. The number of carbonyl (C=O) groups is 2. The Balaban J connectivity index is 1.29. The van der Waals surface area contributed by atoms with Crippen LogP contribution in [0.4, 0.5) is 13.2 Å². The second kappa shape index (κ2) is 6.61. The summed E-state index contributed by atoms with van der Waals surface area (Å²) in [6.45, 7) is 2.05. The van der Waals surface area contributed by atoms with Crippen LogP contribution in [0.1, 0.15) is 39.8 Å². The molecule has 1 aromatic heterocycles. The number of pyridine rings is 1. The van der Waals surface area contributed by atoms with E-state index in [1.54, 1.807) is 0 Å². The molecule has 2 aromatic rings. The van der Waals surface area contributed by atoms with Crippen LogP contribution in [0.3, 0.4) is 0 Å². The van der Waals surface area contributed by atoms with Crippen LogP contribution in [-0.2, 0) is 13.1 Å². The normalized spacial score (nSPS) is 30.7. The number of benzene rings is 1. The van der Waals surface area contributed by atoms with E-state index in [0.717, 1.165) is 6.42 Å². The van der Waals surface area contributed by atoms with E-state index in [9.17, 15) is 32.7 Å². The molecule has 6 rings (SSSR count). The first-order valence-corrected chi connectivity index (χ1v) is 10.9. The average molecular weight is 459 g/mol. The summed E-state index contributed by atoms with van der Waals surface area (Å²) in [7, 11) is 0. The van der Waals surface area contributed by atoms with Crippen LogP contribution in [0.5, 0.6) is 5.75 Å². The molecule has 2 bridgehead atoms. The fraction of sp³-hybridized carbons (Fsp3) is 0.435. The zero-order valence-corrected chi connectivity index (χ0v) is 17.5. The Kier molecular flexibility index (Phi) is 4.07. The van der Waals surface area contributed by atoms with E-state index in [1.165, 1.54) is 10.8 Å². The molecule has 172 valence electrons.